The Labute approximate surface area is 88.7 Å². The highest BCUT2D eigenvalue weighted by Crippen LogP contribution is 1.98. The molecule has 2 aromatic rings. The molecule has 0 fully saturated rings. The molecule has 2 aromatic heterocycles. The fourth-order valence-corrected chi connectivity index (χ4v) is 1.45. The second kappa shape index (κ2) is 4.27. The Morgan fingerprint density at radius 3 is 2.80 bits per heavy atom. The van der Waals surface area contributed by atoms with Crippen molar-refractivity contribution in [3.63, 3.8) is 0 Å². The average Bonchev–Trinajstić information content (AvgIpc) is 2.76. The first-order valence-electron chi connectivity index (χ1n) is 4.90. The number of hydrogen-bond donors (Lipinski definition) is 1. The molecule has 0 saturated heterocycles. The first-order chi connectivity index (χ1) is 7.24. The van der Waals surface area contributed by atoms with Crippen LogP contribution in [0.4, 0.5) is 0 Å². The highest BCUT2D eigenvalue weighted by Gasteiger charge is 1.98. The van der Waals surface area contributed by atoms with E-state index < -0.39 is 0 Å². The van der Waals surface area contributed by atoms with E-state index in [9.17, 15) is 0 Å². The van der Waals surface area contributed by atoms with E-state index in [1.165, 1.54) is 5.56 Å². The van der Waals surface area contributed by atoms with Gasteiger partial charge in [-0.2, -0.15) is 5.10 Å². The molecular weight excluding hydrogens is 190 g/mol. The van der Waals surface area contributed by atoms with Gasteiger partial charge >= 0.3 is 0 Å². The molecule has 5 nitrogen and oxygen atoms in total. The smallest absolute Gasteiger partial charge is 0.164 e. The molecule has 0 aliphatic carbocycles. The lowest BCUT2D eigenvalue weighted by Gasteiger charge is -1.98. The van der Waals surface area contributed by atoms with Crippen LogP contribution in [0.2, 0.25) is 0 Å². The number of aromatic nitrogens is 4. The normalized spacial score (nSPS) is 10.8. The molecule has 0 unspecified atom stereocenters. The van der Waals surface area contributed by atoms with Crippen LogP contribution < -0.4 is 5.32 Å². The largest absolute Gasteiger partial charge is 0.357 e. The molecule has 2 heterocycles. The molecule has 0 amide bonds. The maximum Gasteiger partial charge on any atom is 0.164 e. The van der Waals surface area contributed by atoms with Gasteiger partial charge in [-0.25, -0.2) is 4.98 Å². The summed E-state index contributed by atoms with van der Waals surface area (Å²) in [5.41, 5.74) is 1.27. The predicted octanol–water partition coefficient (Wildman–Crippen LogP) is 0.443. The summed E-state index contributed by atoms with van der Waals surface area (Å²) < 4.78 is 3.75. The Bertz CT molecular complexity index is 388. The van der Waals surface area contributed by atoms with E-state index >= 15 is 0 Å². The van der Waals surface area contributed by atoms with Crippen molar-refractivity contribution < 1.29 is 0 Å². The van der Waals surface area contributed by atoms with Crippen LogP contribution in [0.15, 0.2) is 24.8 Å². The Balaban J connectivity index is 1.80. The highest BCUT2D eigenvalue weighted by molar-refractivity contribution is 5.09. The zero-order valence-electron chi connectivity index (χ0n) is 9.01. The summed E-state index contributed by atoms with van der Waals surface area (Å²) in [5.74, 6) is 0.827. The number of nitrogens with one attached hydrogen (secondary N) is 1. The average molecular weight is 205 g/mol. The van der Waals surface area contributed by atoms with Crippen LogP contribution in [0.25, 0.3) is 0 Å². The lowest BCUT2D eigenvalue weighted by Crippen LogP contribution is -2.13. The summed E-state index contributed by atoms with van der Waals surface area (Å²) in [6, 6.07) is 2.10. The van der Waals surface area contributed by atoms with E-state index in [0.717, 1.165) is 12.4 Å². The topological polar surface area (TPSA) is 47.7 Å². The third kappa shape index (κ3) is 2.66. The third-order valence-corrected chi connectivity index (χ3v) is 2.15. The fraction of sp³-hybridized carbons (Fsp3) is 0.400. The Kier molecular flexibility index (Phi) is 2.82. The second-order valence-corrected chi connectivity index (χ2v) is 3.62. The molecule has 15 heavy (non-hydrogen) atoms. The van der Waals surface area contributed by atoms with Gasteiger partial charge in [0, 0.05) is 33.0 Å². The Morgan fingerprint density at radius 2 is 2.20 bits per heavy atom. The van der Waals surface area contributed by atoms with Gasteiger partial charge in [0.05, 0.1) is 6.54 Å². The van der Waals surface area contributed by atoms with Gasteiger partial charge in [-0.1, -0.05) is 0 Å². The van der Waals surface area contributed by atoms with E-state index in [-0.39, 0.29) is 0 Å². The minimum Gasteiger partial charge on any atom is -0.357 e. The molecule has 0 radical (unpaired) electrons. The molecule has 0 atom stereocenters. The van der Waals surface area contributed by atoms with Crippen molar-refractivity contribution >= 4 is 0 Å². The number of aryl methyl sites for hydroxylation is 2. The SMILES string of the molecule is Cn1ccc(CNCc2ncn(C)n2)c1. The van der Waals surface area contributed by atoms with E-state index in [0.29, 0.717) is 6.54 Å². The molecule has 0 aliphatic heterocycles. The Morgan fingerprint density at radius 1 is 1.33 bits per heavy atom. The van der Waals surface area contributed by atoms with Crippen LogP contribution in [0, 0.1) is 0 Å². The number of hydrogen-bond acceptors (Lipinski definition) is 3. The van der Waals surface area contributed by atoms with E-state index in [4.69, 9.17) is 0 Å². The van der Waals surface area contributed by atoms with Gasteiger partial charge in [0.15, 0.2) is 5.82 Å². The van der Waals surface area contributed by atoms with Gasteiger partial charge in [0.25, 0.3) is 0 Å². The predicted molar refractivity (Wildman–Crippen MR) is 57.0 cm³/mol. The maximum absolute atomic E-state index is 4.18. The van der Waals surface area contributed by atoms with Gasteiger partial charge in [0.2, 0.25) is 0 Å². The molecular formula is C10H15N5. The van der Waals surface area contributed by atoms with Crippen molar-refractivity contribution in [2.75, 3.05) is 0 Å². The minimum absolute atomic E-state index is 0.704. The number of nitrogens with zero attached hydrogens (tertiary/aromatic N) is 4. The van der Waals surface area contributed by atoms with Gasteiger partial charge in [-0.05, 0) is 11.6 Å². The number of rotatable bonds is 4. The van der Waals surface area contributed by atoms with Crippen LogP contribution >= 0.6 is 0 Å². The quantitative estimate of drug-likeness (QED) is 0.788. The summed E-state index contributed by atoms with van der Waals surface area (Å²) >= 11 is 0. The summed E-state index contributed by atoms with van der Waals surface area (Å²) in [4.78, 5) is 4.14. The van der Waals surface area contributed by atoms with Crippen molar-refractivity contribution in [1.29, 1.82) is 0 Å². The molecule has 0 aromatic carbocycles. The Hall–Kier alpha value is -1.62. The molecule has 0 aliphatic rings. The minimum atomic E-state index is 0.704. The van der Waals surface area contributed by atoms with Crippen LogP contribution in [-0.4, -0.2) is 19.3 Å². The van der Waals surface area contributed by atoms with Crippen molar-refractivity contribution in [2.45, 2.75) is 13.1 Å². The fourth-order valence-electron chi connectivity index (χ4n) is 1.45. The van der Waals surface area contributed by atoms with Crippen molar-refractivity contribution in [3.05, 3.63) is 36.2 Å². The third-order valence-electron chi connectivity index (χ3n) is 2.15. The molecule has 0 spiro atoms. The zero-order chi connectivity index (χ0) is 10.7. The second-order valence-electron chi connectivity index (χ2n) is 3.62. The van der Waals surface area contributed by atoms with Crippen LogP contribution in [0.3, 0.4) is 0 Å². The lowest BCUT2D eigenvalue weighted by molar-refractivity contribution is 0.648. The highest BCUT2D eigenvalue weighted by atomic mass is 15.3. The van der Waals surface area contributed by atoms with E-state index in [2.05, 4.69) is 27.7 Å². The molecule has 2 rings (SSSR count). The summed E-state index contributed by atoms with van der Waals surface area (Å²) in [6.07, 6.45) is 5.84. The van der Waals surface area contributed by atoms with Gasteiger partial charge < -0.3 is 9.88 Å². The first kappa shape index (κ1) is 9.92. The van der Waals surface area contributed by atoms with Crippen molar-refractivity contribution in [3.8, 4) is 0 Å². The lowest BCUT2D eigenvalue weighted by atomic mass is 10.3. The van der Waals surface area contributed by atoms with Crippen LogP contribution in [0.1, 0.15) is 11.4 Å². The monoisotopic (exact) mass is 205 g/mol. The van der Waals surface area contributed by atoms with E-state index in [1.54, 1.807) is 11.0 Å². The van der Waals surface area contributed by atoms with Gasteiger partial charge in [0.1, 0.15) is 6.33 Å². The molecule has 0 bridgehead atoms. The standard InChI is InChI=1S/C10H15N5/c1-14-4-3-9(7-14)5-11-6-10-12-8-15(2)13-10/h3-4,7-8,11H,5-6H2,1-2H3. The van der Waals surface area contributed by atoms with E-state index in [1.807, 2.05) is 24.9 Å². The van der Waals surface area contributed by atoms with Crippen molar-refractivity contribution in [2.24, 2.45) is 14.1 Å². The maximum atomic E-state index is 4.18. The van der Waals surface area contributed by atoms with Crippen LogP contribution in [-0.2, 0) is 27.2 Å². The zero-order valence-corrected chi connectivity index (χ0v) is 9.01. The summed E-state index contributed by atoms with van der Waals surface area (Å²) in [5, 5.41) is 7.48. The molecule has 1 N–H and O–H groups in total. The van der Waals surface area contributed by atoms with Gasteiger partial charge in [-0.15, -0.1) is 0 Å². The first-order valence-corrected chi connectivity index (χ1v) is 4.90. The molecule has 0 saturated carbocycles. The van der Waals surface area contributed by atoms with Crippen molar-refractivity contribution in [1.82, 2.24) is 24.6 Å². The summed E-state index contributed by atoms with van der Waals surface area (Å²) in [6.45, 7) is 1.55. The summed E-state index contributed by atoms with van der Waals surface area (Å²) in [7, 11) is 3.89. The molecule has 80 valence electrons. The molecule has 5 heteroatoms. The van der Waals surface area contributed by atoms with Gasteiger partial charge in [-0.3, -0.25) is 4.68 Å². The van der Waals surface area contributed by atoms with Crippen LogP contribution in [0.5, 0.6) is 0 Å².